The van der Waals surface area contributed by atoms with E-state index in [2.05, 4.69) is 22.0 Å². The van der Waals surface area contributed by atoms with Crippen LogP contribution in [0.25, 0.3) is 5.03 Å². The fourth-order valence-corrected chi connectivity index (χ4v) is 2.07. The maximum absolute atomic E-state index is 8.87. The molecule has 1 aromatic carbocycles. The van der Waals surface area contributed by atoms with Crippen molar-refractivity contribution in [1.29, 1.82) is 5.26 Å². The molecule has 0 aromatic heterocycles. The third kappa shape index (κ3) is 2.98. The lowest BCUT2D eigenvalue weighted by molar-refractivity contribution is 1.16. The number of nitrogens with zero attached hydrogens (tertiary/aromatic N) is 1. The normalized spacial score (nSPS) is 11.9. The van der Waals surface area contributed by atoms with E-state index in [-0.39, 0.29) is 0 Å². The van der Waals surface area contributed by atoms with Crippen molar-refractivity contribution in [2.45, 2.75) is 13.3 Å². The predicted molar refractivity (Wildman–Crippen MR) is 67.8 cm³/mol. The molecule has 0 heterocycles. The zero-order valence-corrected chi connectivity index (χ0v) is 11.1. The Bertz CT molecular complexity index is 446. The fraction of sp³-hybridized carbons (Fsp3) is 0.182. The molecule has 0 N–H and O–H groups in total. The molecule has 0 aliphatic rings. The maximum Gasteiger partial charge on any atom is 0.0962 e. The lowest BCUT2D eigenvalue weighted by Crippen LogP contribution is -1.85. The van der Waals surface area contributed by atoms with E-state index in [9.17, 15) is 0 Å². The topological polar surface area (TPSA) is 23.8 Å². The Kier molecular flexibility index (Phi) is 4.66. The molecule has 1 aromatic rings. The number of hydrogen-bond donors (Lipinski definition) is 0. The van der Waals surface area contributed by atoms with Gasteiger partial charge in [-0.25, -0.2) is 0 Å². The zero-order valence-electron chi connectivity index (χ0n) is 8.02. The molecule has 0 fully saturated rings. The molecule has 0 amide bonds. The fourth-order valence-electron chi connectivity index (χ4n) is 1.11. The van der Waals surface area contributed by atoms with E-state index in [4.69, 9.17) is 28.5 Å². The second-order valence-electron chi connectivity index (χ2n) is 2.88. The Morgan fingerprint density at radius 3 is 2.73 bits per heavy atom. The summed E-state index contributed by atoms with van der Waals surface area (Å²) in [6.45, 7) is 1.88. The third-order valence-corrected chi connectivity index (χ3v) is 3.17. The van der Waals surface area contributed by atoms with Gasteiger partial charge >= 0.3 is 0 Å². The standard InChI is InChI=1S/C11H8BrCl2N/c1-2-7(6-15)11(14)9-5-8(12)3-4-10(9)13/h3-5H,2H2,1H3. The first-order valence-corrected chi connectivity index (χ1v) is 5.89. The molecule has 0 unspecified atom stereocenters. The van der Waals surface area contributed by atoms with Crippen molar-refractivity contribution >= 4 is 44.2 Å². The van der Waals surface area contributed by atoms with Gasteiger partial charge in [-0.05, 0) is 24.6 Å². The van der Waals surface area contributed by atoms with Crippen LogP contribution >= 0.6 is 39.1 Å². The zero-order chi connectivity index (χ0) is 11.4. The van der Waals surface area contributed by atoms with Gasteiger partial charge in [0.15, 0.2) is 0 Å². The van der Waals surface area contributed by atoms with Crippen molar-refractivity contribution in [3.05, 3.63) is 38.8 Å². The first-order chi connectivity index (χ1) is 7.10. The van der Waals surface area contributed by atoms with E-state index in [0.29, 0.717) is 27.6 Å². The van der Waals surface area contributed by atoms with Crippen LogP contribution in [0.5, 0.6) is 0 Å². The second kappa shape index (κ2) is 5.55. The van der Waals surface area contributed by atoms with Gasteiger partial charge in [-0.1, -0.05) is 46.1 Å². The quantitative estimate of drug-likeness (QED) is 0.706. The third-order valence-electron chi connectivity index (χ3n) is 1.92. The first kappa shape index (κ1) is 12.6. The summed E-state index contributed by atoms with van der Waals surface area (Å²) in [6.07, 6.45) is 0.595. The monoisotopic (exact) mass is 303 g/mol. The lowest BCUT2D eigenvalue weighted by atomic mass is 10.1. The molecule has 0 aliphatic carbocycles. The molecular formula is C11H8BrCl2N. The summed E-state index contributed by atoms with van der Waals surface area (Å²) in [5.41, 5.74) is 1.22. The van der Waals surface area contributed by atoms with Gasteiger partial charge < -0.3 is 0 Å². The molecule has 0 aliphatic heterocycles. The average Bonchev–Trinajstić information content (AvgIpc) is 2.23. The largest absolute Gasteiger partial charge is 0.193 e. The van der Waals surface area contributed by atoms with Crippen LogP contribution in [-0.2, 0) is 0 Å². The van der Waals surface area contributed by atoms with Crippen molar-refractivity contribution in [2.75, 3.05) is 0 Å². The number of halogens is 3. The van der Waals surface area contributed by atoms with Crippen LogP contribution in [0.3, 0.4) is 0 Å². The highest BCUT2D eigenvalue weighted by Gasteiger charge is 2.09. The van der Waals surface area contributed by atoms with Crippen LogP contribution < -0.4 is 0 Å². The van der Waals surface area contributed by atoms with Gasteiger partial charge in [0.2, 0.25) is 0 Å². The molecule has 4 heteroatoms. The van der Waals surface area contributed by atoms with Crippen LogP contribution in [0.4, 0.5) is 0 Å². The van der Waals surface area contributed by atoms with Crippen LogP contribution in [0.1, 0.15) is 18.9 Å². The van der Waals surface area contributed by atoms with E-state index in [1.165, 1.54) is 0 Å². The van der Waals surface area contributed by atoms with Crippen molar-refractivity contribution in [3.8, 4) is 6.07 Å². The molecule has 15 heavy (non-hydrogen) atoms. The van der Waals surface area contributed by atoms with E-state index < -0.39 is 0 Å². The van der Waals surface area contributed by atoms with Crippen molar-refractivity contribution in [1.82, 2.24) is 0 Å². The predicted octanol–water partition coefficient (Wildman–Crippen LogP) is 4.99. The molecule has 0 atom stereocenters. The van der Waals surface area contributed by atoms with E-state index in [1.807, 2.05) is 13.0 Å². The smallest absolute Gasteiger partial charge is 0.0962 e. The summed E-state index contributed by atoms with van der Waals surface area (Å²) in [4.78, 5) is 0. The lowest BCUT2D eigenvalue weighted by Gasteiger charge is -2.05. The molecule has 1 rings (SSSR count). The van der Waals surface area contributed by atoms with Gasteiger partial charge in [0, 0.05) is 20.6 Å². The van der Waals surface area contributed by atoms with Gasteiger partial charge in [0.1, 0.15) is 0 Å². The highest BCUT2D eigenvalue weighted by Crippen LogP contribution is 2.32. The van der Waals surface area contributed by atoms with Crippen LogP contribution in [0.15, 0.2) is 28.2 Å². The van der Waals surface area contributed by atoms with E-state index in [1.54, 1.807) is 12.1 Å². The maximum atomic E-state index is 8.87. The number of hydrogen-bond acceptors (Lipinski definition) is 1. The average molecular weight is 305 g/mol. The SMILES string of the molecule is CCC(C#N)=C(Cl)c1cc(Br)ccc1Cl. The first-order valence-electron chi connectivity index (χ1n) is 4.34. The summed E-state index contributed by atoms with van der Waals surface area (Å²) in [7, 11) is 0. The Morgan fingerprint density at radius 2 is 2.20 bits per heavy atom. The van der Waals surface area contributed by atoms with Crippen molar-refractivity contribution in [2.24, 2.45) is 0 Å². The van der Waals surface area contributed by atoms with Crippen molar-refractivity contribution in [3.63, 3.8) is 0 Å². The van der Waals surface area contributed by atoms with Gasteiger partial charge in [0.25, 0.3) is 0 Å². The van der Waals surface area contributed by atoms with Crippen LogP contribution in [-0.4, -0.2) is 0 Å². The summed E-state index contributed by atoms with van der Waals surface area (Å²) in [5.74, 6) is 0. The van der Waals surface area contributed by atoms with E-state index >= 15 is 0 Å². The highest BCUT2D eigenvalue weighted by atomic mass is 79.9. The van der Waals surface area contributed by atoms with Crippen LogP contribution in [0, 0.1) is 11.3 Å². The number of nitriles is 1. The minimum absolute atomic E-state index is 0.423. The number of benzene rings is 1. The highest BCUT2D eigenvalue weighted by molar-refractivity contribution is 9.10. The summed E-state index contributed by atoms with van der Waals surface area (Å²) < 4.78 is 0.883. The van der Waals surface area contributed by atoms with Gasteiger partial charge in [-0.3, -0.25) is 0 Å². The molecule has 0 radical (unpaired) electrons. The molecule has 1 nitrogen and oxygen atoms in total. The Morgan fingerprint density at radius 1 is 1.53 bits per heavy atom. The summed E-state index contributed by atoms with van der Waals surface area (Å²) in [5, 5.41) is 9.84. The summed E-state index contributed by atoms with van der Waals surface area (Å²) >= 11 is 15.4. The van der Waals surface area contributed by atoms with Crippen LogP contribution in [0.2, 0.25) is 5.02 Å². The summed E-state index contributed by atoms with van der Waals surface area (Å²) in [6, 6.07) is 7.45. The molecular weight excluding hydrogens is 297 g/mol. The van der Waals surface area contributed by atoms with E-state index in [0.717, 1.165) is 4.47 Å². The number of allylic oxidation sites excluding steroid dienone is 1. The minimum Gasteiger partial charge on any atom is -0.193 e. The Hall–Kier alpha value is -0.490. The van der Waals surface area contributed by atoms with Gasteiger partial charge in [0.05, 0.1) is 11.1 Å². The molecule has 0 bridgehead atoms. The molecule has 0 saturated carbocycles. The second-order valence-corrected chi connectivity index (χ2v) is 4.58. The van der Waals surface area contributed by atoms with Gasteiger partial charge in [-0.2, -0.15) is 5.26 Å². The Labute approximate surface area is 107 Å². The van der Waals surface area contributed by atoms with Crippen molar-refractivity contribution < 1.29 is 0 Å². The minimum atomic E-state index is 0.423. The molecule has 0 spiro atoms. The molecule has 78 valence electrons. The number of rotatable bonds is 2. The Balaban J connectivity index is 3.34. The molecule has 0 saturated heterocycles. The van der Waals surface area contributed by atoms with Gasteiger partial charge in [-0.15, -0.1) is 0 Å².